The van der Waals surface area contributed by atoms with Crippen LogP contribution < -0.4 is 0 Å². The Bertz CT molecular complexity index is 716. The molecular formula is C14H9IN2O. The van der Waals surface area contributed by atoms with Crippen LogP contribution in [0.1, 0.15) is 10.5 Å². The van der Waals surface area contributed by atoms with E-state index >= 15 is 0 Å². The predicted molar refractivity (Wildman–Crippen MR) is 78.7 cm³/mol. The molecule has 2 aromatic heterocycles. The van der Waals surface area contributed by atoms with E-state index < -0.39 is 0 Å². The van der Waals surface area contributed by atoms with Crippen LogP contribution in [0.4, 0.5) is 0 Å². The van der Waals surface area contributed by atoms with Gasteiger partial charge in [-0.05, 0) is 46.9 Å². The highest BCUT2D eigenvalue weighted by Crippen LogP contribution is 2.23. The van der Waals surface area contributed by atoms with Gasteiger partial charge in [-0.2, -0.15) is 0 Å². The fourth-order valence-corrected chi connectivity index (χ4v) is 2.31. The number of nitrogens with zero attached hydrogens (tertiary/aromatic N) is 2. The number of hydrogen-bond donors (Lipinski definition) is 0. The van der Waals surface area contributed by atoms with Gasteiger partial charge >= 0.3 is 0 Å². The van der Waals surface area contributed by atoms with E-state index in [9.17, 15) is 4.79 Å². The van der Waals surface area contributed by atoms with Crippen LogP contribution >= 0.6 is 22.6 Å². The van der Waals surface area contributed by atoms with E-state index in [1.165, 1.54) is 0 Å². The molecule has 0 atom stereocenters. The Morgan fingerprint density at radius 3 is 2.61 bits per heavy atom. The maximum Gasteiger partial charge on any atom is 0.169 e. The smallest absolute Gasteiger partial charge is 0.169 e. The highest BCUT2D eigenvalue weighted by molar-refractivity contribution is 14.1. The van der Waals surface area contributed by atoms with Gasteiger partial charge in [0.05, 0.1) is 0 Å². The molecule has 0 unspecified atom stereocenters. The average molecular weight is 348 g/mol. The Morgan fingerprint density at radius 2 is 1.89 bits per heavy atom. The number of benzene rings is 1. The van der Waals surface area contributed by atoms with Gasteiger partial charge in [0.15, 0.2) is 6.29 Å². The van der Waals surface area contributed by atoms with Crippen LogP contribution in [0.3, 0.4) is 0 Å². The Balaban J connectivity index is 2.28. The molecule has 18 heavy (non-hydrogen) atoms. The lowest BCUT2D eigenvalue weighted by molar-refractivity contribution is 0.111. The number of carbonyl (C=O) groups excluding carboxylic acids is 1. The van der Waals surface area contributed by atoms with Crippen molar-refractivity contribution < 1.29 is 4.79 Å². The minimum Gasteiger partial charge on any atom is -0.297 e. The molecule has 4 heteroatoms. The monoisotopic (exact) mass is 348 g/mol. The second kappa shape index (κ2) is 4.53. The molecule has 3 rings (SSSR count). The first kappa shape index (κ1) is 11.4. The third-order valence-corrected chi connectivity index (χ3v) is 3.52. The van der Waals surface area contributed by atoms with Crippen LogP contribution in [0.15, 0.2) is 48.7 Å². The Morgan fingerprint density at radius 1 is 1.11 bits per heavy atom. The van der Waals surface area contributed by atoms with Gasteiger partial charge in [-0.3, -0.25) is 9.20 Å². The number of pyridine rings is 1. The molecule has 0 saturated carbocycles. The van der Waals surface area contributed by atoms with Crippen molar-refractivity contribution in [2.24, 2.45) is 0 Å². The van der Waals surface area contributed by atoms with Crippen molar-refractivity contribution in [2.75, 3.05) is 0 Å². The summed E-state index contributed by atoms with van der Waals surface area (Å²) < 4.78 is 2.97. The molecule has 3 nitrogen and oxygen atoms in total. The van der Waals surface area contributed by atoms with Crippen LogP contribution in [0.5, 0.6) is 0 Å². The summed E-state index contributed by atoms with van der Waals surface area (Å²) in [6.45, 7) is 0. The summed E-state index contributed by atoms with van der Waals surface area (Å²) in [6, 6.07) is 13.7. The lowest BCUT2D eigenvalue weighted by Gasteiger charge is -1.98. The Kier molecular flexibility index (Phi) is 2.87. The van der Waals surface area contributed by atoms with Crippen molar-refractivity contribution in [3.63, 3.8) is 0 Å². The largest absolute Gasteiger partial charge is 0.297 e. The van der Waals surface area contributed by atoms with Gasteiger partial charge < -0.3 is 0 Å². The van der Waals surface area contributed by atoms with Gasteiger partial charge in [-0.15, -0.1) is 0 Å². The van der Waals surface area contributed by atoms with Crippen molar-refractivity contribution in [3.05, 3.63) is 57.9 Å². The fraction of sp³-hybridized carbons (Fsp3) is 0. The minimum absolute atomic E-state index is 0.590. The molecule has 1 aromatic carbocycles. The normalized spacial score (nSPS) is 10.7. The quantitative estimate of drug-likeness (QED) is 0.525. The van der Waals surface area contributed by atoms with Gasteiger partial charge in [-0.25, -0.2) is 4.98 Å². The number of aldehydes is 1. The van der Waals surface area contributed by atoms with E-state index in [1.54, 1.807) is 4.40 Å². The van der Waals surface area contributed by atoms with Crippen molar-refractivity contribution in [1.82, 2.24) is 9.38 Å². The summed E-state index contributed by atoms with van der Waals surface area (Å²) in [5, 5.41) is 0. The summed E-state index contributed by atoms with van der Waals surface area (Å²) in [7, 11) is 0. The van der Waals surface area contributed by atoms with E-state index in [1.807, 2.05) is 48.7 Å². The predicted octanol–water partition coefficient (Wildman–Crippen LogP) is 3.42. The minimum atomic E-state index is 0.590. The van der Waals surface area contributed by atoms with Crippen molar-refractivity contribution >= 4 is 34.5 Å². The molecule has 0 aliphatic carbocycles. The molecule has 0 aliphatic heterocycles. The SMILES string of the molecule is O=Cc1c(-c2ccc(I)cc2)nc2ccccn12. The molecule has 3 aromatic rings. The molecule has 0 radical (unpaired) electrons. The lowest BCUT2D eigenvalue weighted by atomic mass is 10.1. The van der Waals surface area contributed by atoms with Gasteiger partial charge in [0.25, 0.3) is 0 Å². The molecule has 0 aliphatic rings. The topological polar surface area (TPSA) is 34.4 Å². The van der Waals surface area contributed by atoms with Crippen LogP contribution in [0, 0.1) is 3.57 Å². The van der Waals surface area contributed by atoms with Crippen LogP contribution in [-0.4, -0.2) is 15.7 Å². The molecule has 0 fully saturated rings. The van der Waals surface area contributed by atoms with E-state index in [2.05, 4.69) is 27.6 Å². The molecule has 2 heterocycles. The molecule has 0 spiro atoms. The van der Waals surface area contributed by atoms with Crippen LogP contribution in [0.2, 0.25) is 0 Å². The standard InChI is InChI=1S/C14H9IN2O/c15-11-6-4-10(5-7-11)14-12(9-18)17-8-2-1-3-13(17)16-14/h1-9H. The number of aromatic nitrogens is 2. The average Bonchev–Trinajstić information content (AvgIpc) is 2.78. The Hall–Kier alpha value is -1.69. The number of halogens is 1. The third kappa shape index (κ3) is 1.82. The van der Waals surface area contributed by atoms with Gasteiger partial charge in [0.1, 0.15) is 17.0 Å². The highest BCUT2D eigenvalue weighted by Gasteiger charge is 2.12. The molecule has 0 N–H and O–H groups in total. The molecule has 0 bridgehead atoms. The summed E-state index contributed by atoms with van der Waals surface area (Å²) in [5.74, 6) is 0. The number of hydrogen-bond acceptors (Lipinski definition) is 2. The maximum atomic E-state index is 11.3. The van der Waals surface area contributed by atoms with E-state index in [4.69, 9.17) is 0 Å². The van der Waals surface area contributed by atoms with Crippen molar-refractivity contribution in [2.45, 2.75) is 0 Å². The maximum absolute atomic E-state index is 11.3. The number of fused-ring (bicyclic) bond motifs is 1. The number of rotatable bonds is 2. The van der Waals surface area contributed by atoms with Crippen molar-refractivity contribution in [1.29, 1.82) is 0 Å². The van der Waals surface area contributed by atoms with Crippen LogP contribution in [0.25, 0.3) is 16.9 Å². The van der Waals surface area contributed by atoms with E-state index in [-0.39, 0.29) is 0 Å². The summed E-state index contributed by atoms with van der Waals surface area (Å²) in [4.78, 5) is 15.8. The van der Waals surface area contributed by atoms with E-state index in [0.717, 1.165) is 26.8 Å². The van der Waals surface area contributed by atoms with Gasteiger partial charge in [0, 0.05) is 15.3 Å². The lowest BCUT2D eigenvalue weighted by Crippen LogP contribution is -1.91. The highest BCUT2D eigenvalue weighted by atomic mass is 127. The Labute approximate surface area is 118 Å². The second-order valence-electron chi connectivity index (χ2n) is 3.90. The number of carbonyl (C=O) groups is 1. The summed E-state index contributed by atoms with van der Waals surface area (Å²) in [5.41, 5.74) is 3.06. The molecule has 88 valence electrons. The third-order valence-electron chi connectivity index (χ3n) is 2.80. The molecule has 0 amide bonds. The first-order valence-corrected chi connectivity index (χ1v) is 6.55. The zero-order valence-electron chi connectivity index (χ0n) is 9.38. The van der Waals surface area contributed by atoms with E-state index in [0.29, 0.717) is 5.69 Å². The first-order valence-electron chi connectivity index (χ1n) is 5.48. The van der Waals surface area contributed by atoms with Crippen LogP contribution in [-0.2, 0) is 0 Å². The van der Waals surface area contributed by atoms with Crippen molar-refractivity contribution in [3.8, 4) is 11.3 Å². The van der Waals surface area contributed by atoms with Gasteiger partial charge in [0.2, 0.25) is 0 Å². The molecule has 0 saturated heterocycles. The summed E-state index contributed by atoms with van der Waals surface area (Å²) in [6.07, 6.45) is 2.70. The zero-order valence-corrected chi connectivity index (χ0v) is 11.5. The summed E-state index contributed by atoms with van der Waals surface area (Å²) >= 11 is 2.25. The zero-order chi connectivity index (χ0) is 12.5. The van der Waals surface area contributed by atoms with Gasteiger partial charge in [-0.1, -0.05) is 18.2 Å². The second-order valence-corrected chi connectivity index (χ2v) is 5.14. The molecular weight excluding hydrogens is 339 g/mol. The fourth-order valence-electron chi connectivity index (χ4n) is 1.95. The number of imidazole rings is 1. The first-order chi connectivity index (χ1) is 8.79.